The lowest BCUT2D eigenvalue weighted by atomic mass is 9.89. The van der Waals surface area contributed by atoms with Crippen LogP contribution in [0, 0.1) is 12.8 Å². The Bertz CT molecular complexity index is 868. The summed E-state index contributed by atoms with van der Waals surface area (Å²) in [6, 6.07) is 7.16. The lowest BCUT2D eigenvalue weighted by molar-refractivity contribution is -0.141. The number of aromatic nitrogens is 2. The summed E-state index contributed by atoms with van der Waals surface area (Å²) in [6.07, 6.45) is 1.58. The minimum Gasteiger partial charge on any atom is -0.481 e. The third kappa shape index (κ3) is 3.72. The van der Waals surface area contributed by atoms with Crippen molar-refractivity contribution in [2.45, 2.75) is 39.2 Å². The molecule has 0 radical (unpaired) electrons. The molecule has 7 heteroatoms. The van der Waals surface area contributed by atoms with Gasteiger partial charge in [-0.25, -0.2) is 0 Å². The van der Waals surface area contributed by atoms with E-state index in [9.17, 15) is 14.7 Å². The predicted molar refractivity (Wildman–Crippen MR) is 103 cm³/mol. The molecule has 3 rings (SSSR count). The average molecular weight is 390 g/mol. The Hall–Kier alpha value is -2.34. The molecule has 1 N–H and O–H groups in total. The molecule has 1 aromatic carbocycles. The first-order valence-corrected chi connectivity index (χ1v) is 9.30. The van der Waals surface area contributed by atoms with Crippen molar-refractivity contribution in [1.82, 2.24) is 14.7 Å². The van der Waals surface area contributed by atoms with Crippen molar-refractivity contribution in [3.63, 3.8) is 0 Å². The fraction of sp³-hybridized carbons (Fsp3) is 0.450. The fourth-order valence-corrected chi connectivity index (χ4v) is 3.86. The zero-order valence-electron chi connectivity index (χ0n) is 15.9. The van der Waals surface area contributed by atoms with Crippen molar-refractivity contribution in [3.8, 4) is 0 Å². The predicted octanol–water partition coefficient (Wildman–Crippen LogP) is 3.54. The number of likely N-dealkylation sites (tertiary alicyclic amines) is 1. The van der Waals surface area contributed by atoms with Crippen molar-refractivity contribution in [2.24, 2.45) is 5.92 Å². The number of nitrogens with zero attached hydrogens (tertiary/aromatic N) is 3. The molecular weight excluding hydrogens is 366 g/mol. The van der Waals surface area contributed by atoms with Crippen LogP contribution in [0.1, 0.15) is 48.3 Å². The Kier molecular flexibility index (Phi) is 5.04. The molecule has 0 unspecified atom stereocenters. The van der Waals surface area contributed by atoms with E-state index in [2.05, 4.69) is 5.10 Å². The summed E-state index contributed by atoms with van der Waals surface area (Å²) in [6.45, 7) is 8.47. The van der Waals surface area contributed by atoms with Crippen molar-refractivity contribution >= 4 is 23.5 Å². The van der Waals surface area contributed by atoms with Gasteiger partial charge in [-0.3, -0.25) is 14.3 Å². The van der Waals surface area contributed by atoms with Gasteiger partial charge in [-0.05, 0) is 45.4 Å². The van der Waals surface area contributed by atoms with Crippen LogP contribution in [-0.4, -0.2) is 44.8 Å². The van der Waals surface area contributed by atoms with E-state index in [1.54, 1.807) is 23.2 Å². The number of hydrogen-bond acceptors (Lipinski definition) is 3. The molecule has 1 aromatic heterocycles. The molecule has 6 nitrogen and oxygen atoms in total. The number of benzene rings is 1. The monoisotopic (exact) mass is 389 g/mol. The first-order chi connectivity index (χ1) is 12.6. The maximum absolute atomic E-state index is 13.1. The summed E-state index contributed by atoms with van der Waals surface area (Å²) in [5.41, 5.74) is 1.95. The van der Waals surface area contributed by atoms with Crippen LogP contribution >= 0.6 is 11.6 Å². The molecule has 2 atom stereocenters. The average Bonchev–Trinajstić information content (AvgIpc) is 3.18. The van der Waals surface area contributed by atoms with Crippen molar-refractivity contribution in [2.75, 3.05) is 13.1 Å². The summed E-state index contributed by atoms with van der Waals surface area (Å²) in [5.74, 6) is -1.98. The highest BCUT2D eigenvalue weighted by Crippen LogP contribution is 2.34. The second-order valence-corrected chi connectivity index (χ2v) is 8.48. The van der Waals surface area contributed by atoms with Crippen LogP contribution in [0.3, 0.4) is 0 Å². The van der Waals surface area contributed by atoms with Gasteiger partial charge in [0.1, 0.15) is 0 Å². The van der Waals surface area contributed by atoms with Crippen LogP contribution in [0.25, 0.3) is 0 Å². The van der Waals surface area contributed by atoms with Gasteiger partial charge in [0, 0.05) is 29.7 Å². The largest absolute Gasteiger partial charge is 0.481 e. The number of carbonyl (C=O) groups is 2. The van der Waals surface area contributed by atoms with Gasteiger partial charge in [-0.15, -0.1) is 0 Å². The van der Waals surface area contributed by atoms with E-state index in [0.717, 1.165) is 11.3 Å². The summed E-state index contributed by atoms with van der Waals surface area (Å²) in [7, 11) is 0. The van der Waals surface area contributed by atoms with E-state index in [-0.39, 0.29) is 23.9 Å². The van der Waals surface area contributed by atoms with Gasteiger partial charge >= 0.3 is 5.97 Å². The summed E-state index contributed by atoms with van der Waals surface area (Å²) in [5, 5.41) is 14.6. The van der Waals surface area contributed by atoms with Crippen LogP contribution in [0.2, 0.25) is 5.02 Å². The molecule has 2 aromatic rings. The Morgan fingerprint density at radius 3 is 2.33 bits per heavy atom. The topological polar surface area (TPSA) is 75.4 Å². The molecule has 0 saturated carbocycles. The quantitative estimate of drug-likeness (QED) is 0.871. The van der Waals surface area contributed by atoms with Crippen LogP contribution in [0.4, 0.5) is 0 Å². The molecule has 1 fully saturated rings. The van der Waals surface area contributed by atoms with E-state index in [1.165, 1.54) is 0 Å². The van der Waals surface area contributed by atoms with Gasteiger partial charge in [0.2, 0.25) is 0 Å². The molecule has 0 aliphatic carbocycles. The second-order valence-electron chi connectivity index (χ2n) is 8.04. The number of carboxylic acid groups (broad SMARTS) is 1. The first-order valence-electron chi connectivity index (χ1n) is 8.92. The zero-order valence-corrected chi connectivity index (χ0v) is 16.7. The van der Waals surface area contributed by atoms with Crippen molar-refractivity contribution < 1.29 is 14.7 Å². The third-order valence-corrected chi connectivity index (χ3v) is 5.35. The molecule has 1 aliphatic rings. The van der Waals surface area contributed by atoms with E-state index in [1.807, 2.05) is 44.5 Å². The Balaban J connectivity index is 1.88. The highest BCUT2D eigenvalue weighted by Gasteiger charge is 2.41. The number of amides is 1. The summed E-state index contributed by atoms with van der Waals surface area (Å²) in [4.78, 5) is 26.5. The standard InChI is InChI=1S/C20H24ClN3O3/c1-12-15(9-22-24(12)20(2,3)4)18(25)23-10-16(17(11-23)19(26)27)13-5-7-14(21)8-6-13/h5-9,16-17H,10-11H2,1-4H3,(H,26,27)/t16-,17+/m0/s1. The molecular formula is C20H24ClN3O3. The normalized spacial score (nSPS) is 20.1. The van der Waals surface area contributed by atoms with Crippen LogP contribution in [0.5, 0.6) is 0 Å². The van der Waals surface area contributed by atoms with Gasteiger partial charge < -0.3 is 10.0 Å². The number of carbonyl (C=O) groups excluding carboxylic acids is 1. The zero-order chi connectivity index (χ0) is 19.9. The first kappa shape index (κ1) is 19.4. The fourth-order valence-electron chi connectivity index (χ4n) is 3.73. The molecule has 1 aliphatic heterocycles. The van der Waals surface area contributed by atoms with Gasteiger partial charge in [-0.2, -0.15) is 5.10 Å². The smallest absolute Gasteiger partial charge is 0.308 e. The Morgan fingerprint density at radius 2 is 1.81 bits per heavy atom. The molecule has 0 spiro atoms. The van der Waals surface area contributed by atoms with Gasteiger partial charge in [-0.1, -0.05) is 23.7 Å². The Labute approximate surface area is 163 Å². The molecule has 0 bridgehead atoms. The maximum atomic E-state index is 13.1. The third-order valence-electron chi connectivity index (χ3n) is 5.10. The van der Waals surface area contributed by atoms with Crippen LogP contribution in [0.15, 0.2) is 30.5 Å². The molecule has 1 amide bonds. The van der Waals surface area contributed by atoms with Crippen LogP contribution in [-0.2, 0) is 10.3 Å². The van der Waals surface area contributed by atoms with Gasteiger partial charge in [0.15, 0.2) is 0 Å². The minimum absolute atomic E-state index is 0.175. The summed E-state index contributed by atoms with van der Waals surface area (Å²) >= 11 is 5.94. The number of aliphatic carboxylic acids is 1. The highest BCUT2D eigenvalue weighted by molar-refractivity contribution is 6.30. The van der Waals surface area contributed by atoms with Crippen molar-refractivity contribution in [1.29, 1.82) is 0 Å². The van der Waals surface area contributed by atoms with Gasteiger partial charge in [0.05, 0.1) is 23.2 Å². The lowest BCUT2D eigenvalue weighted by Gasteiger charge is -2.22. The van der Waals surface area contributed by atoms with Crippen LogP contribution < -0.4 is 0 Å². The number of halogens is 1. The number of rotatable bonds is 3. The molecule has 1 saturated heterocycles. The number of carboxylic acids is 1. The lowest BCUT2D eigenvalue weighted by Crippen LogP contribution is -2.31. The molecule has 27 heavy (non-hydrogen) atoms. The van der Waals surface area contributed by atoms with E-state index in [4.69, 9.17) is 11.6 Å². The van der Waals surface area contributed by atoms with Crippen molar-refractivity contribution in [3.05, 3.63) is 52.3 Å². The van der Waals surface area contributed by atoms with Gasteiger partial charge in [0.25, 0.3) is 5.91 Å². The highest BCUT2D eigenvalue weighted by atomic mass is 35.5. The minimum atomic E-state index is -0.896. The molecule has 2 heterocycles. The van der Waals surface area contributed by atoms with E-state index in [0.29, 0.717) is 17.1 Å². The SMILES string of the molecule is Cc1c(C(=O)N2C[C@@H](C(=O)O)[C@H](c3ccc(Cl)cc3)C2)cnn1C(C)(C)C. The maximum Gasteiger partial charge on any atom is 0.308 e. The molecule has 144 valence electrons. The van der Waals surface area contributed by atoms with E-state index < -0.39 is 11.9 Å². The number of hydrogen-bond donors (Lipinski definition) is 1. The summed E-state index contributed by atoms with van der Waals surface area (Å²) < 4.78 is 1.82. The van der Waals surface area contributed by atoms with E-state index >= 15 is 0 Å². The Morgan fingerprint density at radius 1 is 1.19 bits per heavy atom. The second kappa shape index (κ2) is 7.00.